The molecule has 8 nitrogen and oxygen atoms in total. The van der Waals surface area contributed by atoms with Crippen LogP contribution in [-0.2, 0) is 26.0 Å². The molecule has 0 saturated heterocycles. The van der Waals surface area contributed by atoms with Crippen molar-refractivity contribution in [1.82, 2.24) is 9.29 Å². The third-order valence-corrected chi connectivity index (χ3v) is 4.18. The summed E-state index contributed by atoms with van der Waals surface area (Å²) in [6.45, 7) is -1.74. The zero-order valence-electron chi connectivity index (χ0n) is 10.5. The number of hydrogen-bond donors (Lipinski definition) is 2. The number of aliphatic carboxylic acids is 2. The van der Waals surface area contributed by atoms with Gasteiger partial charge < -0.3 is 10.2 Å². The van der Waals surface area contributed by atoms with Crippen molar-refractivity contribution < 1.29 is 28.2 Å². The lowest BCUT2D eigenvalue weighted by Crippen LogP contribution is -2.40. The number of sulfonamides is 1. The SMILES string of the molecule is O=C(O)CN(CC(=O)O)S(=O)(=O)CCc1ccncc1. The van der Waals surface area contributed by atoms with Gasteiger partial charge in [0.15, 0.2) is 0 Å². The van der Waals surface area contributed by atoms with Crippen LogP contribution in [0.15, 0.2) is 24.5 Å². The van der Waals surface area contributed by atoms with Crippen LogP contribution in [0.3, 0.4) is 0 Å². The molecule has 9 heteroatoms. The standard InChI is InChI=1S/C11H14N2O6S/c14-10(15)7-13(8-11(16)17)20(18,19)6-3-9-1-4-12-5-2-9/h1-2,4-5H,3,6-8H2,(H,14,15)(H,16,17). The van der Waals surface area contributed by atoms with Gasteiger partial charge in [0, 0.05) is 12.4 Å². The van der Waals surface area contributed by atoms with Crippen LogP contribution in [0.5, 0.6) is 0 Å². The molecule has 0 aliphatic rings. The minimum absolute atomic E-state index is 0.153. The summed E-state index contributed by atoms with van der Waals surface area (Å²) in [5.74, 6) is -3.17. The highest BCUT2D eigenvalue weighted by molar-refractivity contribution is 7.89. The van der Waals surface area contributed by atoms with Gasteiger partial charge in [-0.2, -0.15) is 4.31 Å². The monoisotopic (exact) mass is 302 g/mol. The molecule has 0 unspecified atom stereocenters. The number of carboxylic acid groups (broad SMARTS) is 2. The van der Waals surface area contributed by atoms with Crippen LogP contribution in [0.4, 0.5) is 0 Å². The molecular formula is C11H14N2O6S. The molecule has 0 amide bonds. The fourth-order valence-electron chi connectivity index (χ4n) is 1.48. The molecule has 0 radical (unpaired) electrons. The third kappa shape index (κ3) is 5.33. The number of pyridine rings is 1. The van der Waals surface area contributed by atoms with Crippen LogP contribution in [0.1, 0.15) is 5.56 Å². The molecule has 20 heavy (non-hydrogen) atoms. The van der Waals surface area contributed by atoms with Crippen LogP contribution in [0.2, 0.25) is 0 Å². The van der Waals surface area contributed by atoms with E-state index in [1.165, 1.54) is 12.4 Å². The van der Waals surface area contributed by atoms with Gasteiger partial charge in [0.2, 0.25) is 10.0 Å². The van der Waals surface area contributed by atoms with E-state index in [1.54, 1.807) is 12.1 Å². The average Bonchev–Trinajstić information content (AvgIpc) is 2.36. The minimum atomic E-state index is -3.96. The van der Waals surface area contributed by atoms with Crippen molar-refractivity contribution in [3.05, 3.63) is 30.1 Å². The first kappa shape index (κ1) is 16.1. The fraction of sp³-hybridized carbons (Fsp3) is 0.364. The predicted octanol–water partition coefficient (Wildman–Crippen LogP) is -0.575. The average molecular weight is 302 g/mol. The summed E-state index contributed by atoms with van der Waals surface area (Å²) in [4.78, 5) is 25.0. The number of carbonyl (C=O) groups is 2. The molecule has 0 saturated carbocycles. The number of aryl methyl sites for hydroxylation is 1. The van der Waals surface area contributed by atoms with Crippen molar-refractivity contribution in [2.24, 2.45) is 0 Å². The third-order valence-electron chi connectivity index (χ3n) is 2.41. The second kappa shape index (κ2) is 6.96. The van der Waals surface area contributed by atoms with Gasteiger partial charge in [0.25, 0.3) is 0 Å². The highest BCUT2D eigenvalue weighted by Crippen LogP contribution is 2.06. The number of hydrogen-bond acceptors (Lipinski definition) is 5. The molecule has 1 aromatic rings. The Kier molecular flexibility index (Phi) is 5.59. The molecule has 1 aromatic heterocycles. The van der Waals surface area contributed by atoms with Crippen molar-refractivity contribution in [3.8, 4) is 0 Å². The van der Waals surface area contributed by atoms with Crippen LogP contribution in [-0.4, -0.2) is 58.7 Å². The van der Waals surface area contributed by atoms with Gasteiger partial charge in [-0.3, -0.25) is 14.6 Å². The van der Waals surface area contributed by atoms with Crippen LogP contribution >= 0.6 is 0 Å². The molecule has 0 fully saturated rings. The van der Waals surface area contributed by atoms with E-state index in [2.05, 4.69) is 4.98 Å². The van der Waals surface area contributed by atoms with Gasteiger partial charge in [-0.1, -0.05) is 0 Å². The summed E-state index contributed by atoms with van der Waals surface area (Å²) in [7, 11) is -3.96. The van der Waals surface area contributed by atoms with E-state index < -0.39 is 35.1 Å². The van der Waals surface area contributed by atoms with Crippen molar-refractivity contribution in [3.63, 3.8) is 0 Å². The minimum Gasteiger partial charge on any atom is -0.480 e. The van der Waals surface area contributed by atoms with E-state index in [4.69, 9.17) is 10.2 Å². The Morgan fingerprint density at radius 3 is 2.05 bits per heavy atom. The Morgan fingerprint density at radius 2 is 1.60 bits per heavy atom. The van der Waals surface area contributed by atoms with E-state index in [-0.39, 0.29) is 12.2 Å². The first-order valence-electron chi connectivity index (χ1n) is 5.61. The molecule has 0 spiro atoms. The predicted molar refractivity (Wildman–Crippen MR) is 68.6 cm³/mol. The zero-order chi connectivity index (χ0) is 15.2. The molecular weight excluding hydrogens is 288 g/mol. The summed E-state index contributed by atoms with van der Waals surface area (Å²) in [6, 6.07) is 3.27. The first-order valence-corrected chi connectivity index (χ1v) is 7.22. The number of aromatic nitrogens is 1. The quantitative estimate of drug-likeness (QED) is 0.658. The second-order valence-electron chi connectivity index (χ2n) is 3.98. The van der Waals surface area contributed by atoms with Crippen molar-refractivity contribution >= 4 is 22.0 Å². The second-order valence-corrected chi connectivity index (χ2v) is 6.07. The molecule has 1 heterocycles. The Labute approximate surface area is 115 Å². The van der Waals surface area contributed by atoms with E-state index in [0.29, 0.717) is 9.87 Å². The maximum Gasteiger partial charge on any atom is 0.318 e. The maximum absolute atomic E-state index is 12.0. The Balaban J connectivity index is 2.76. The molecule has 1 rings (SSSR count). The smallest absolute Gasteiger partial charge is 0.318 e. The van der Waals surface area contributed by atoms with Crippen LogP contribution in [0, 0.1) is 0 Å². The van der Waals surface area contributed by atoms with Gasteiger partial charge in [0.1, 0.15) is 13.1 Å². The fourth-order valence-corrected chi connectivity index (χ4v) is 2.85. The van der Waals surface area contributed by atoms with E-state index in [0.717, 1.165) is 0 Å². The molecule has 2 N–H and O–H groups in total. The molecule has 0 atom stereocenters. The van der Waals surface area contributed by atoms with Gasteiger partial charge >= 0.3 is 11.9 Å². The van der Waals surface area contributed by atoms with Gasteiger partial charge in [-0.05, 0) is 24.1 Å². The zero-order valence-corrected chi connectivity index (χ0v) is 11.3. The van der Waals surface area contributed by atoms with Crippen molar-refractivity contribution in [2.45, 2.75) is 6.42 Å². The molecule has 110 valence electrons. The summed E-state index contributed by atoms with van der Waals surface area (Å²) in [6.07, 6.45) is 3.17. The van der Waals surface area contributed by atoms with Gasteiger partial charge in [0.05, 0.1) is 5.75 Å². The Bertz CT molecular complexity index is 556. The van der Waals surface area contributed by atoms with Crippen molar-refractivity contribution in [1.29, 1.82) is 0 Å². The molecule has 0 aliphatic heterocycles. The summed E-state index contributed by atoms with van der Waals surface area (Å²) in [5, 5.41) is 17.3. The molecule has 0 aliphatic carbocycles. The van der Waals surface area contributed by atoms with E-state index in [9.17, 15) is 18.0 Å². The van der Waals surface area contributed by atoms with Gasteiger partial charge in [-0.15, -0.1) is 0 Å². The summed E-state index contributed by atoms with van der Waals surface area (Å²) in [5.41, 5.74) is 0.717. The van der Waals surface area contributed by atoms with Crippen LogP contribution in [0.25, 0.3) is 0 Å². The number of carboxylic acids is 2. The lowest BCUT2D eigenvalue weighted by molar-refractivity contribution is -0.139. The highest BCUT2D eigenvalue weighted by Gasteiger charge is 2.26. The first-order chi connectivity index (χ1) is 9.31. The largest absolute Gasteiger partial charge is 0.480 e. The maximum atomic E-state index is 12.0. The molecule has 0 aromatic carbocycles. The lowest BCUT2D eigenvalue weighted by atomic mass is 10.2. The van der Waals surface area contributed by atoms with Crippen LogP contribution < -0.4 is 0 Å². The molecule has 0 bridgehead atoms. The van der Waals surface area contributed by atoms with E-state index >= 15 is 0 Å². The normalized spacial score (nSPS) is 11.4. The highest BCUT2D eigenvalue weighted by atomic mass is 32.2. The summed E-state index contributed by atoms with van der Waals surface area (Å²) < 4.78 is 24.4. The van der Waals surface area contributed by atoms with Crippen molar-refractivity contribution in [2.75, 3.05) is 18.8 Å². The Morgan fingerprint density at radius 1 is 1.10 bits per heavy atom. The summed E-state index contributed by atoms with van der Waals surface area (Å²) >= 11 is 0. The number of nitrogens with zero attached hydrogens (tertiary/aromatic N) is 2. The Hall–Kier alpha value is -2.00. The lowest BCUT2D eigenvalue weighted by Gasteiger charge is -2.18. The topological polar surface area (TPSA) is 125 Å². The number of rotatable bonds is 8. The van der Waals surface area contributed by atoms with Gasteiger partial charge in [-0.25, -0.2) is 8.42 Å². The van der Waals surface area contributed by atoms with E-state index in [1.807, 2.05) is 0 Å².